The Kier molecular flexibility index (Phi) is 4.89. The summed E-state index contributed by atoms with van der Waals surface area (Å²) in [6.07, 6.45) is -3.85. The highest BCUT2D eigenvalue weighted by Crippen LogP contribution is 2.43. The van der Waals surface area contributed by atoms with Crippen LogP contribution < -0.4 is 10.2 Å². The Balaban J connectivity index is 2.40. The van der Waals surface area contributed by atoms with Gasteiger partial charge in [-0.25, -0.2) is 5.01 Å². The Labute approximate surface area is 133 Å². The molecule has 1 atom stereocenters. The van der Waals surface area contributed by atoms with Gasteiger partial charge >= 0.3 is 6.18 Å². The molecule has 1 aromatic rings. The van der Waals surface area contributed by atoms with Crippen LogP contribution in [0.5, 0.6) is 5.75 Å². The van der Waals surface area contributed by atoms with E-state index in [0.717, 1.165) is 5.01 Å². The zero-order chi connectivity index (χ0) is 17.3. The average Bonchev–Trinajstić information content (AvgIpc) is 2.70. The van der Waals surface area contributed by atoms with Crippen molar-refractivity contribution in [3.05, 3.63) is 29.8 Å². The highest BCUT2D eigenvalue weighted by Gasteiger charge is 2.51. The minimum Gasteiger partial charge on any atom is -0.493 e. The molecule has 1 aliphatic heterocycles. The van der Waals surface area contributed by atoms with Crippen molar-refractivity contribution in [2.24, 2.45) is 5.41 Å². The summed E-state index contributed by atoms with van der Waals surface area (Å²) in [6, 6.07) is 4.14. The molecule has 0 spiro atoms. The van der Waals surface area contributed by atoms with Gasteiger partial charge < -0.3 is 4.74 Å². The van der Waals surface area contributed by atoms with Crippen LogP contribution in [-0.4, -0.2) is 30.2 Å². The van der Waals surface area contributed by atoms with Crippen molar-refractivity contribution in [3.8, 4) is 5.75 Å². The van der Waals surface area contributed by atoms with Gasteiger partial charge in [0.15, 0.2) is 6.04 Å². The number of hydrogen-bond acceptors (Lipinski definition) is 3. The molecule has 23 heavy (non-hydrogen) atoms. The maximum Gasteiger partial charge on any atom is 0.410 e. The molecule has 0 bridgehead atoms. The molecular formula is C16H21F3N2O2. The molecule has 7 heteroatoms. The number of halogens is 3. The van der Waals surface area contributed by atoms with Crippen molar-refractivity contribution in [2.45, 2.75) is 39.4 Å². The van der Waals surface area contributed by atoms with Gasteiger partial charge in [-0.1, -0.05) is 25.1 Å². The summed E-state index contributed by atoms with van der Waals surface area (Å²) in [4.78, 5) is 11.9. The molecule has 1 heterocycles. The zero-order valence-corrected chi connectivity index (χ0v) is 13.4. The number of nitrogens with one attached hydrogen (secondary N) is 1. The number of hydrogen-bond donors (Lipinski definition) is 1. The van der Waals surface area contributed by atoms with Crippen molar-refractivity contribution in [2.75, 3.05) is 13.2 Å². The molecule has 0 aliphatic carbocycles. The second-order valence-corrected chi connectivity index (χ2v) is 6.28. The number of alkyl halides is 3. The van der Waals surface area contributed by atoms with Crippen molar-refractivity contribution in [1.82, 2.24) is 10.4 Å². The first-order chi connectivity index (χ1) is 10.7. The number of carbonyl (C=O) groups is 1. The molecule has 4 nitrogen and oxygen atoms in total. The Morgan fingerprint density at radius 2 is 2.00 bits per heavy atom. The topological polar surface area (TPSA) is 41.6 Å². The van der Waals surface area contributed by atoms with E-state index in [1.165, 1.54) is 18.2 Å². The molecule has 1 fully saturated rings. The highest BCUT2D eigenvalue weighted by atomic mass is 19.4. The van der Waals surface area contributed by atoms with Crippen molar-refractivity contribution >= 4 is 5.91 Å². The van der Waals surface area contributed by atoms with E-state index >= 15 is 0 Å². The lowest BCUT2D eigenvalue weighted by molar-refractivity contribution is -0.192. The third-order valence-electron chi connectivity index (χ3n) is 3.72. The van der Waals surface area contributed by atoms with Crippen LogP contribution in [0.25, 0.3) is 0 Å². The second kappa shape index (κ2) is 6.39. The van der Waals surface area contributed by atoms with Crippen LogP contribution in [0.4, 0.5) is 13.2 Å². The molecule has 0 radical (unpaired) electrons. The summed E-state index contributed by atoms with van der Waals surface area (Å²) in [5.41, 5.74) is 1.49. The Hall–Kier alpha value is -1.76. The highest BCUT2D eigenvalue weighted by molar-refractivity contribution is 5.83. The van der Waals surface area contributed by atoms with Crippen molar-refractivity contribution < 1.29 is 22.7 Å². The Bertz CT molecular complexity index is 573. The molecule has 1 aliphatic rings. The SMILES string of the molecule is CCCOc1ccccc1[C@H](N1CC(C)(C)C(=O)N1)C(F)(F)F. The smallest absolute Gasteiger partial charge is 0.410 e. The number of ether oxygens (including phenoxy) is 1. The van der Waals surface area contributed by atoms with E-state index in [0.29, 0.717) is 13.0 Å². The summed E-state index contributed by atoms with van der Waals surface area (Å²) in [6.45, 7) is 5.43. The predicted octanol–water partition coefficient (Wildman–Crippen LogP) is 3.45. The summed E-state index contributed by atoms with van der Waals surface area (Å²) < 4.78 is 46.5. The van der Waals surface area contributed by atoms with Gasteiger partial charge in [-0.2, -0.15) is 13.2 Å². The monoisotopic (exact) mass is 330 g/mol. The maximum absolute atomic E-state index is 13.7. The number of nitrogens with zero attached hydrogens (tertiary/aromatic N) is 1. The van der Waals surface area contributed by atoms with Gasteiger partial charge in [-0.3, -0.25) is 10.2 Å². The number of para-hydroxylation sites is 1. The fraction of sp³-hybridized carbons (Fsp3) is 0.562. The second-order valence-electron chi connectivity index (χ2n) is 6.28. The van der Waals surface area contributed by atoms with E-state index in [1.54, 1.807) is 19.9 Å². The summed E-state index contributed by atoms with van der Waals surface area (Å²) in [5, 5.41) is 0.955. The fourth-order valence-electron chi connectivity index (χ4n) is 2.55. The van der Waals surface area contributed by atoms with Crippen molar-refractivity contribution in [3.63, 3.8) is 0 Å². The molecule has 128 valence electrons. The zero-order valence-electron chi connectivity index (χ0n) is 13.4. The number of rotatable bonds is 5. The van der Waals surface area contributed by atoms with Gasteiger partial charge in [-0.15, -0.1) is 0 Å². The van der Waals surface area contributed by atoms with E-state index in [1.807, 2.05) is 6.92 Å². The van der Waals surface area contributed by atoms with E-state index in [2.05, 4.69) is 5.43 Å². The first-order valence-corrected chi connectivity index (χ1v) is 7.53. The Morgan fingerprint density at radius 3 is 2.52 bits per heavy atom. The lowest BCUT2D eigenvalue weighted by Gasteiger charge is -2.31. The summed E-state index contributed by atoms with van der Waals surface area (Å²) >= 11 is 0. The van der Waals surface area contributed by atoms with E-state index in [9.17, 15) is 18.0 Å². The van der Waals surface area contributed by atoms with E-state index < -0.39 is 23.5 Å². The van der Waals surface area contributed by atoms with Crippen LogP contribution in [0.1, 0.15) is 38.8 Å². The molecule has 1 N–H and O–H groups in total. The first kappa shape index (κ1) is 17.6. The predicted molar refractivity (Wildman–Crippen MR) is 79.7 cm³/mol. The number of amides is 1. The molecule has 0 aromatic heterocycles. The minimum absolute atomic E-state index is 0.00597. The van der Waals surface area contributed by atoms with Crippen LogP contribution >= 0.6 is 0 Å². The third-order valence-corrected chi connectivity index (χ3v) is 3.72. The summed E-state index contributed by atoms with van der Waals surface area (Å²) in [5.74, 6) is -0.227. The van der Waals surface area contributed by atoms with Crippen LogP contribution in [0.2, 0.25) is 0 Å². The number of carbonyl (C=O) groups excluding carboxylic acids is 1. The molecule has 1 amide bonds. The van der Waals surface area contributed by atoms with Crippen LogP contribution in [0.3, 0.4) is 0 Å². The third kappa shape index (κ3) is 3.77. The molecular weight excluding hydrogens is 309 g/mol. The quantitative estimate of drug-likeness (QED) is 0.899. The normalized spacial score (nSPS) is 19.5. The van der Waals surface area contributed by atoms with Gasteiger partial charge in [0.2, 0.25) is 5.91 Å². The van der Waals surface area contributed by atoms with Gasteiger partial charge in [0, 0.05) is 12.1 Å². The lowest BCUT2D eigenvalue weighted by atomic mass is 9.93. The van der Waals surface area contributed by atoms with Gasteiger partial charge in [0.25, 0.3) is 0 Å². The van der Waals surface area contributed by atoms with Gasteiger partial charge in [0.05, 0.1) is 12.0 Å². The van der Waals surface area contributed by atoms with E-state index in [-0.39, 0.29) is 17.9 Å². The standard InChI is InChI=1S/C16H21F3N2O2/c1-4-9-23-12-8-6-5-7-11(12)13(16(17,18)19)21-10-15(2,3)14(22)20-21/h5-8,13H,4,9-10H2,1-3H3,(H,20,22)/t13-/m0/s1. The molecule has 2 rings (SSSR count). The van der Waals surface area contributed by atoms with Gasteiger partial charge in [-0.05, 0) is 26.3 Å². The Morgan fingerprint density at radius 1 is 1.35 bits per heavy atom. The summed E-state index contributed by atoms with van der Waals surface area (Å²) in [7, 11) is 0. The van der Waals surface area contributed by atoms with E-state index in [4.69, 9.17) is 4.74 Å². The minimum atomic E-state index is -4.54. The largest absolute Gasteiger partial charge is 0.493 e. The maximum atomic E-state index is 13.7. The van der Waals surface area contributed by atoms with Crippen LogP contribution in [0.15, 0.2) is 24.3 Å². The van der Waals surface area contributed by atoms with Crippen molar-refractivity contribution in [1.29, 1.82) is 0 Å². The van der Waals surface area contributed by atoms with Crippen LogP contribution in [0, 0.1) is 5.41 Å². The van der Waals surface area contributed by atoms with Gasteiger partial charge in [0.1, 0.15) is 5.75 Å². The molecule has 0 unspecified atom stereocenters. The van der Waals surface area contributed by atoms with Crippen LogP contribution in [-0.2, 0) is 4.79 Å². The molecule has 0 saturated carbocycles. The first-order valence-electron chi connectivity index (χ1n) is 7.53. The molecule has 1 aromatic carbocycles. The lowest BCUT2D eigenvalue weighted by Crippen LogP contribution is -2.43. The average molecular weight is 330 g/mol. The number of benzene rings is 1. The number of hydrazine groups is 1. The molecule has 1 saturated heterocycles. The fourth-order valence-corrected chi connectivity index (χ4v) is 2.55.